The van der Waals surface area contributed by atoms with Crippen molar-refractivity contribution in [2.75, 3.05) is 13.1 Å². The molecular formula is C17H34N2. The predicted molar refractivity (Wildman–Crippen MR) is 89.8 cm³/mol. The minimum absolute atomic E-state index is 0.695. The molecule has 0 fully saturated rings. The number of rotatable bonds is 6. The van der Waals surface area contributed by atoms with Gasteiger partial charge in [0.1, 0.15) is 0 Å². The molecule has 0 radical (unpaired) electrons. The van der Waals surface area contributed by atoms with E-state index in [4.69, 9.17) is 0 Å². The molecule has 0 amide bonds. The van der Waals surface area contributed by atoms with E-state index < -0.39 is 0 Å². The number of hydrogen-bond acceptors (Lipinski definition) is 2. The summed E-state index contributed by atoms with van der Waals surface area (Å²) in [7, 11) is 0. The lowest BCUT2D eigenvalue weighted by Gasteiger charge is -1.99. The topological polar surface area (TPSA) is 24.7 Å². The van der Waals surface area contributed by atoms with Crippen LogP contribution in [0.15, 0.2) is 46.7 Å². The minimum Gasteiger partial charge on any atom is -0.194 e. The largest absolute Gasteiger partial charge is 0.194 e. The van der Waals surface area contributed by atoms with Gasteiger partial charge in [-0.3, -0.25) is 0 Å². The molecule has 0 spiro atoms. The highest BCUT2D eigenvalue weighted by molar-refractivity contribution is 5.19. The van der Waals surface area contributed by atoms with E-state index in [0.29, 0.717) is 5.92 Å². The van der Waals surface area contributed by atoms with Crippen molar-refractivity contribution in [1.29, 1.82) is 0 Å². The monoisotopic (exact) mass is 266 g/mol. The van der Waals surface area contributed by atoms with Crippen LogP contribution in [0, 0.1) is 5.92 Å². The summed E-state index contributed by atoms with van der Waals surface area (Å²) in [6.07, 6.45) is 9.01. The van der Waals surface area contributed by atoms with Gasteiger partial charge < -0.3 is 0 Å². The van der Waals surface area contributed by atoms with Crippen LogP contribution in [0.4, 0.5) is 0 Å². The van der Waals surface area contributed by atoms with Gasteiger partial charge in [-0.2, -0.15) is 10.2 Å². The van der Waals surface area contributed by atoms with Gasteiger partial charge in [-0.25, -0.2) is 0 Å². The number of hydrogen-bond donors (Lipinski definition) is 0. The maximum Gasteiger partial charge on any atom is 0.0624 e. The van der Waals surface area contributed by atoms with Crippen molar-refractivity contribution in [2.24, 2.45) is 16.1 Å². The Hall–Kier alpha value is -1.18. The van der Waals surface area contributed by atoms with Crippen LogP contribution >= 0.6 is 0 Å². The lowest BCUT2D eigenvalue weighted by molar-refractivity contribution is 0.560. The molecule has 0 aliphatic heterocycles. The Morgan fingerprint density at radius 2 is 1.79 bits per heavy atom. The van der Waals surface area contributed by atoms with E-state index in [2.05, 4.69) is 30.7 Å². The molecule has 0 heterocycles. The molecule has 2 heteroatoms. The van der Waals surface area contributed by atoms with E-state index >= 15 is 0 Å². The quantitative estimate of drug-likeness (QED) is 0.402. The van der Waals surface area contributed by atoms with Crippen molar-refractivity contribution >= 4 is 0 Å². The zero-order valence-corrected chi connectivity index (χ0v) is 14.1. The first-order valence-corrected chi connectivity index (χ1v) is 7.37. The van der Waals surface area contributed by atoms with E-state index in [9.17, 15) is 0 Å². The number of nitrogens with zero attached hydrogens (tertiary/aromatic N) is 2. The molecule has 0 aliphatic carbocycles. The van der Waals surface area contributed by atoms with E-state index in [1.165, 1.54) is 12.0 Å². The van der Waals surface area contributed by atoms with Crippen LogP contribution in [0.25, 0.3) is 0 Å². The molecule has 112 valence electrons. The average Bonchev–Trinajstić information content (AvgIpc) is 2.42. The molecule has 1 atom stereocenters. The first kappa shape index (κ1) is 23.0. The van der Waals surface area contributed by atoms with Crippen LogP contribution in [0.1, 0.15) is 54.9 Å². The number of azo groups is 1. The summed E-state index contributed by atoms with van der Waals surface area (Å²) in [5.74, 6) is 0.695. The first-order chi connectivity index (χ1) is 9.12. The van der Waals surface area contributed by atoms with Gasteiger partial charge in [-0.15, -0.1) is 0 Å². The maximum atomic E-state index is 3.99. The second-order valence-electron chi connectivity index (χ2n) is 3.94. The van der Waals surface area contributed by atoms with E-state index in [1.54, 1.807) is 6.08 Å². The highest BCUT2D eigenvalue weighted by Gasteiger charge is 1.93. The molecule has 0 rings (SSSR count). The average molecular weight is 266 g/mol. The molecule has 0 N–H and O–H groups in total. The standard InChI is InChI=1S/C8H12.C7H16N2.C2H6/c1-4-6-8(3)7-5-2;1-4-7(3)6-9-8-5-2;1-2/h4-7H,1H2,2-3H3;7H,4-6H2,1-3H3;1-2H3/b7-5-,8-6-;;. The lowest BCUT2D eigenvalue weighted by Crippen LogP contribution is -1.95. The predicted octanol–water partition coefficient (Wildman–Crippen LogP) is 6.23. The van der Waals surface area contributed by atoms with Crippen molar-refractivity contribution in [3.63, 3.8) is 0 Å². The molecule has 0 saturated carbocycles. The molecule has 0 bridgehead atoms. The summed E-state index contributed by atoms with van der Waals surface area (Å²) in [5.41, 5.74) is 1.24. The van der Waals surface area contributed by atoms with Gasteiger partial charge in [0.2, 0.25) is 0 Å². The third-order valence-corrected chi connectivity index (χ3v) is 2.14. The summed E-state index contributed by atoms with van der Waals surface area (Å²) in [5, 5.41) is 7.87. The molecule has 19 heavy (non-hydrogen) atoms. The van der Waals surface area contributed by atoms with Crippen molar-refractivity contribution in [2.45, 2.75) is 54.9 Å². The van der Waals surface area contributed by atoms with Crippen molar-refractivity contribution in [3.8, 4) is 0 Å². The fraction of sp³-hybridized carbons (Fsp3) is 0.647. The van der Waals surface area contributed by atoms with Gasteiger partial charge in [-0.05, 0) is 26.7 Å². The third kappa shape index (κ3) is 26.4. The van der Waals surface area contributed by atoms with Crippen LogP contribution in [-0.2, 0) is 0 Å². The number of allylic oxidation sites excluding steroid dienone is 5. The van der Waals surface area contributed by atoms with Crippen LogP contribution in [0.2, 0.25) is 0 Å². The van der Waals surface area contributed by atoms with Crippen molar-refractivity contribution in [3.05, 3.63) is 36.5 Å². The molecule has 2 nitrogen and oxygen atoms in total. The normalized spacial score (nSPS) is 12.5. The Morgan fingerprint density at radius 3 is 2.16 bits per heavy atom. The minimum atomic E-state index is 0.695. The Bertz CT molecular complexity index is 250. The van der Waals surface area contributed by atoms with Gasteiger partial charge >= 0.3 is 0 Å². The van der Waals surface area contributed by atoms with Crippen LogP contribution in [-0.4, -0.2) is 13.1 Å². The third-order valence-electron chi connectivity index (χ3n) is 2.14. The second kappa shape index (κ2) is 22.0. The second-order valence-corrected chi connectivity index (χ2v) is 3.94. The van der Waals surface area contributed by atoms with Gasteiger partial charge in [0.05, 0.1) is 13.1 Å². The van der Waals surface area contributed by atoms with Gasteiger partial charge in [0.15, 0.2) is 0 Å². The Labute approximate surface area is 121 Å². The Kier molecular flexibility index (Phi) is 26.6. The fourth-order valence-electron chi connectivity index (χ4n) is 0.931. The van der Waals surface area contributed by atoms with Gasteiger partial charge in [0, 0.05) is 0 Å². The summed E-state index contributed by atoms with van der Waals surface area (Å²) >= 11 is 0. The highest BCUT2D eigenvalue weighted by atomic mass is 15.1. The summed E-state index contributed by atoms with van der Waals surface area (Å²) in [6.45, 7) is 19.7. The van der Waals surface area contributed by atoms with E-state index in [-0.39, 0.29) is 0 Å². The molecule has 0 saturated heterocycles. The highest BCUT2D eigenvalue weighted by Crippen LogP contribution is 1.99. The van der Waals surface area contributed by atoms with E-state index in [0.717, 1.165) is 13.1 Å². The summed E-state index contributed by atoms with van der Waals surface area (Å²) in [6, 6.07) is 0. The SMILES string of the molecule is C=C/C=C(C)\C=C/C.CC.CCN=NCC(C)CC. The summed E-state index contributed by atoms with van der Waals surface area (Å²) in [4.78, 5) is 0. The zero-order chi connectivity index (χ0) is 15.5. The van der Waals surface area contributed by atoms with E-state index in [1.807, 2.05) is 52.8 Å². The maximum absolute atomic E-state index is 3.99. The van der Waals surface area contributed by atoms with Crippen molar-refractivity contribution in [1.82, 2.24) is 0 Å². The molecular weight excluding hydrogens is 232 g/mol. The Balaban J connectivity index is -0.000000239. The lowest BCUT2D eigenvalue weighted by atomic mass is 10.1. The molecule has 0 aromatic heterocycles. The Morgan fingerprint density at radius 1 is 1.21 bits per heavy atom. The van der Waals surface area contributed by atoms with Gasteiger partial charge in [-0.1, -0.05) is 70.6 Å². The summed E-state index contributed by atoms with van der Waals surface area (Å²) < 4.78 is 0. The van der Waals surface area contributed by atoms with Gasteiger partial charge in [0.25, 0.3) is 0 Å². The first-order valence-electron chi connectivity index (χ1n) is 7.37. The van der Waals surface area contributed by atoms with Crippen molar-refractivity contribution < 1.29 is 0 Å². The zero-order valence-electron chi connectivity index (χ0n) is 14.1. The van der Waals surface area contributed by atoms with Crippen LogP contribution in [0.5, 0.6) is 0 Å². The van der Waals surface area contributed by atoms with Crippen LogP contribution < -0.4 is 0 Å². The van der Waals surface area contributed by atoms with Crippen LogP contribution in [0.3, 0.4) is 0 Å². The molecule has 0 aliphatic rings. The molecule has 0 aromatic rings. The smallest absolute Gasteiger partial charge is 0.0624 e. The fourth-order valence-corrected chi connectivity index (χ4v) is 0.931. The molecule has 0 aromatic carbocycles. The molecule has 1 unspecified atom stereocenters.